The highest BCUT2D eigenvalue weighted by atomic mass is 127. The van der Waals surface area contributed by atoms with Crippen LogP contribution in [0.15, 0.2) is 0 Å². The summed E-state index contributed by atoms with van der Waals surface area (Å²) in [5, 5.41) is 0.583. The molecule has 0 bridgehead atoms. The minimum atomic E-state index is -0.0478. The summed E-state index contributed by atoms with van der Waals surface area (Å²) in [6.45, 7) is 5.80. The van der Waals surface area contributed by atoms with Gasteiger partial charge in [0.2, 0.25) is 0 Å². The van der Waals surface area contributed by atoms with E-state index in [4.69, 9.17) is 21.3 Å². The zero-order chi connectivity index (χ0) is 14.8. The highest BCUT2D eigenvalue weighted by Crippen LogP contribution is 2.37. The number of halogens is 2. The van der Waals surface area contributed by atoms with Gasteiger partial charge in [-0.15, -0.1) is 0 Å². The van der Waals surface area contributed by atoms with Crippen molar-refractivity contribution in [3.05, 3.63) is 20.2 Å². The molecule has 21 heavy (non-hydrogen) atoms. The number of likely N-dealkylation sites (N-methyl/N-ethyl adjacent to an activating group) is 1. The third-order valence-corrected chi connectivity index (χ3v) is 6.14. The van der Waals surface area contributed by atoms with Crippen LogP contribution in [-0.4, -0.2) is 41.1 Å². The van der Waals surface area contributed by atoms with E-state index in [2.05, 4.69) is 39.4 Å². The summed E-state index contributed by atoms with van der Waals surface area (Å²) in [5.74, 6) is 1.31. The lowest BCUT2D eigenvalue weighted by Crippen LogP contribution is -2.38. The fourth-order valence-corrected chi connectivity index (χ4v) is 4.08. The topological polar surface area (TPSA) is 38.2 Å². The average Bonchev–Trinajstić information content (AvgIpc) is 3.04. The zero-order valence-corrected chi connectivity index (χ0v) is 15.2. The summed E-state index contributed by atoms with van der Waals surface area (Å²) in [5.41, 5.74) is 1.14. The van der Waals surface area contributed by atoms with E-state index in [1.54, 1.807) is 0 Å². The summed E-state index contributed by atoms with van der Waals surface area (Å²) >= 11 is 8.64. The Labute approximate surface area is 144 Å². The van der Waals surface area contributed by atoms with E-state index in [1.807, 2.05) is 0 Å². The van der Waals surface area contributed by atoms with Gasteiger partial charge in [-0.25, -0.2) is 9.97 Å². The van der Waals surface area contributed by atoms with Gasteiger partial charge in [-0.1, -0.05) is 31.4 Å². The molecular formula is C15H21ClIN3O. The lowest BCUT2D eigenvalue weighted by Gasteiger charge is -2.31. The van der Waals surface area contributed by atoms with Crippen LogP contribution in [0, 0.1) is 3.57 Å². The van der Waals surface area contributed by atoms with E-state index >= 15 is 0 Å². The summed E-state index contributed by atoms with van der Waals surface area (Å²) in [6.07, 6.45) is 4.97. The van der Waals surface area contributed by atoms with Crippen molar-refractivity contribution in [1.82, 2.24) is 14.9 Å². The van der Waals surface area contributed by atoms with Crippen LogP contribution in [0.5, 0.6) is 0 Å². The van der Waals surface area contributed by atoms with Gasteiger partial charge in [0, 0.05) is 19.0 Å². The van der Waals surface area contributed by atoms with Gasteiger partial charge in [-0.3, -0.25) is 4.90 Å². The smallest absolute Gasteiger partial charge is 0.160 e. The number of hydrogen-bond donors (Lipinski definition) is 0. The molecule has 2 aliphatic rings. The summed E-state index contributed by atoms with van der Waals surface area (Å²) in [6, 6.07) is 0. The molecule has 1 aromatic heterocycles. The van der Waals surface area contributed by atoms with Crippen LogP contribution >= 0.6 is 34.2 Å². The lowest BCUT2D eigenvalue weighted by atomic mass is 10.0. The molecule has 4 nitrogen and oxygen atoms in total. The van der Waals surface area contributed by atoms with Gasteiger partial charge >= 0.3 is 0 Å². The minimum absolute atomic E-state index is 0.0478. The average molecular weight is 422 g/mol. The van der Waals surface area contributed by atoms with E-state index < -0.39 is 0 Å². The Morgan fingerprint density at radius 2 is 2.10 bits per heavy atom. The Bertz CT molecular complexity index is 508. The first kappa shape index (κ1) is 15.9. The second kappa shape index (κ2) is 7.06. The fourth-order valence-electron chi connectivity index (χ4n) is 3.21. The molecule has 0 aromatic carbocycles. The van der Waals surface area contributed by atoms with Crippen molar-refractivity contribution in [3.63, 3.8) is 0 Å². The van der Waals surface area contributed by atoms with E-state index in [-0.39, 0.29) is 6.10 Å². The van der Waals surface area contributed by atoms with Gasteiger partial charge in [-0.2, -0.15) is 0 Å². The van der Waals surface area contributed by atoms with Crippen molar-refractivity contribution in [2.24, 2.45) is 0 Å². The van der Waals surface area contributed by atoms with Crippen LogP contribution in [0.2, 0.25) is 5.15 Å². The Morgan fingerprint density at radius 1 is 1.33 bits per heavy atom. The van der Waals surface area contributed by atoms with Gasteiger partial charge in [-0.05, 0) is 42.0 Å². The molecule has 1 aliphatic carbocycles. The zero-order valence-electron chi connectivity index (χ0n) is 12.3. The molecule has 1 atom stereocenters. The van der Waals surface area contributed by atoms with Crippen molar-refractivity contribution in [1.29, 1.82) is 0 Å². The quantitative estimate of drug-likeness (QED) is 0.550. The standard InChI is InChI=1S/C15H21ClIN3O/c1-2-20-7-8-21-11(9-20)15-18-13(10-5-3-4-6-10)12(17)14(16)19-15/h10-11H,2-9H2,1H3. The van der Waals surface area contributed by atoms with Gasteiger partial charge in [0.15, 0.2) is 5.82 Å². The SMILES string of the molecule is CCN1CCOC(c2nc(Cl)c(I)c(C3CCCC3)n2)C1. The first-order valence-electron chi connectivity index (χ1n) is 7.75. The third kappa shape index (κ3) is 3.51. The Balaban J connectivity index is 1.88. The highest BCUT2D eigenvalue weighted by Gasteiger charge is 2.28. The molecule has 1 unspecified atom stereocenters. The number of nitrogens with zero attached hydrogens (tertiary/aromatic N) is 3. The number of rotatable bonds is 3. The van der Waals surface area contributed by atoms with Crippen molar-refractivity contribution in [2.75, 3.05) is 26.2 Å². The maximum Gasteiger partial charge on any atom is 0.160 e. The second-order valence-electron chi connectivity index (χ2n) is 5.81. The van der Waals surface area contributed by atoms with E-state index in [0.29, 0.717) is 11.1 Å². The van der Waals surface area contributed by atoms with Crippen molar-refractivity contribution >= 4 is 34.2 Å². The first-order chi connectivity index (χ1) is 10.2. The Hall–Kier alpha value is 0.0200. The summed E-state index contributed by atoms with van der Waals surface area (Å²) in [4.78, 5) is 11.7. The normalized spacial score (nSPS) is 24.6. The fraction of sp³-hybridized carbons (Fsp3) is 0.733. The molecule has 1 aromatic rings. The van der Waals surface area contributed by atoms with E-state index in [9.17, 15) is 0 Å². The number of hydrogen-bond acceptors (Lipinski definition) is 4. The molecule has 0 radical (unpaired) electrons. The number of ether oxygens (including phenoxy) is 1. The van der Waals surface area contributed by atoms with Crippen LogP contribution in [0.25, 0.3) is 0 Å². The predicted octanol–water partition coefficient (Wildman–Crippen LogP) is 3.79. The summed E-state index contributed by atoms with van der Waals surface area (Å²) < 4.78 is 6.90. The summed E-state index contributed by atoms with van der Waals surface area (Å²) in [7, 11) is 0. The molecule has 6 heteroatoms. The van der Waals surface area contributed by atoms with Crippen LogP contribution < -0.4 is 0 Å². The van der Waals surface area contributed by atoms with Gasteiger partial charge in [0.25, 0.3) is 0 Å². The highest BCUT2D eigenvalue weighted by molar-refractivity contribution is 14.1. The maximum absolute atomic E-state index is 6.36. The Kier molecular flexibility index (Phi) is 5.35. The van der Waals surface area contributed by atoms with Crippen molar-refractivity contribution < 1.29 is 4.74 Å². The van der Waals surface area contributed by atoms with Crippen LogP contribution in [0.4, 0.5) is 0 Å². The number of aromatic nitrogens is 2. The molecule has 0 spiro atoms. The van der Waals surface area contributed by atoms with Crippen LogP contribution in [0.1, 0.15) is 56.1 Å². The lowest BCUT2D eigenvalue weighted by molar-refractivity contribution is -0.0327. The molecule has 1 aliphatic heterocycles. The molecule has 116 valence electrons. The molecule has 0 N–H and O–H groups in total. The molecule has 2 heterocycles. The van der Waals surface area contributed by atoms with Crippen LogP contribution in [0.3, 0.4) is 0 Å². The molecule has 0 amide bonds. The van der Waals surface area contributed by atoms with Crippen molar-refractivity contribution in [3.8, 4) is 0 Å². The van der Waals surface area contributed by atoms with Gasteiger partial charge in [0.05, 0.1) is 15.9 Å². The van der Waals surface area contributed by atoms with E-state index in [0.717, 1.165) is 41.3 Å². The van der Waals surface area contributed by atoms with Gasteiger partial charge in [0.1, 0.15) is 11.3 Å². The molecule has 1 saturated heterocycles. The van der Waals surface area contributed by atoms with E-state index in [1.165, 1.54) is 25.7 Å². The predicted molar refractivity (Wildman–Crippen MR) is 91.8 cm³/mol. The Morgan fingerprint density at radius 3 is 2.81 bits per heavy atom. The maximum atomic E-state index is 6.36. The monoisotopic (exact) mass is 421 g/mol. The van der Waals surface area contributed by atoms with Crippen LogP contribution in [-0.2, 0) is 4.74 Å². The second-order valence-corrected chi connectivity index (χ2v) is 7.24. The first-order valence-corrected chi connectivity index (χ1v) is 9.21. The molecule has 3 rings (SSSR count). The number of morpholine rings is 1. The largest absolute Gasteiger partial charge is 0.368 e. The minimum Gasteiger partial charge on any atom is -0.368 e. The van der Waals surface area contributed by atoms with Gasteiger partial charge < -0.3 is 4.74 Å². The molecular weight excluding hydrogens is 401 g/mol. The third-order valence-electron chi connectivity index (χ3n) is 4.48. The molecule has 2 fully saturated rings. The van der Waals surface area contributed by atoms with Crippen molar-refractivity contribution in [2.45, 2.75) is 44.6 Å². The molecule has 1 saturated carbocycles.